The van der Waals surface area contributed by atoms with Gasteiger partial charge in [0.2, 0.25) is 0 Å². The minimum atomic E-state index is 0.168. The number of nitrogens with one attached hydrogen (secondary N) is 1. The molecule has 0 saturated heterocycles. The number of rotatable bonds is 2. The summed E-state index contributed by atoms with van der Waals surface area (Å²) in [5, 5.41) is 5.73. The van der Waals surface area contributed by atoms with Crippen LogP contribution in [0.2, 0.25) is 5.02 Å². The number of halogens is 1. The van der Waals surface area contributed by atoms with Gasteiger partial charge in [0.1, 0.15) is 5.58 Å². The first-order chi connectivity index (χ1) is 8.24. The molecule has 0 aliphatic rings. The molecule has 1 atom stereocenters. The van der Waals surface area contributed by atoms with Crippen molar-refractivity contribution in [1.29, 1.82) is 0 Å². The lowest BCUT2D eigenvalue weighted by Crippen LogP contribution is -2.12. The third-order valence-electron chi connectivity index (χ3n) is 3.17. The second-order valence-corrected chi connectivity index (χ2v) is 4.44. The van der Waals surface area contributed by atoms with Crippen LogP contribution in [-0.4, -0.2) is 7.05 Å². The number of benzene rings is 1. The molecule has 0 saturated carbocycles. The molecule has 3 aromatic rings. The topological polar surface area (TPSA) is 38.3 Å². The molecule has 1 N–H and O–H groups in total. The van der Waals surface area contributed by atoms with Crippen LogP contribution in [0.5, 0.6) is 0 Å². The molecular formula is C13H12ClNO2. The monoisotopic (exact) mass is 249 g/mol. The number of hydrogen-bond acceptors (Lipinski definition) is 3. The Morgan fingerprint density at radius 2 is 1.76 bits per heavy atom. The molecule has 0 aliphatic heterocycles. The maximum Gasteiger partial charge on any atom is 0.153 e. The number of furan rings is 2. The molecule has 3 nitrogen and oxygen atoms in total. The highest BCUT2D eigenvalue weighted by Gasteiger charge is 2.20. The molecule has 0 radical (unpaired) electrons. The minimum absolute atomic E-state index is 0.168. The zero-order valence-corrected chi connectivity index (χ0v) is 10.3. The number of fused-ring (bicyclic) bond motifs is 2. The molecule has 0 aliphatic carbocycles. The second-order valence-electron chi connectivity index (χ2n) is 4.06. The number of hydrogen-bond donors (Lipinski definition) is 1. The minimum Gasteiger partial charge on any atom is -0.464 e. The van der Waals surface area contributed by atoms with Crippen molar-refractivity contribution in [3.63, 3.8) is 0 Å². The van der Waals surface area contributed by atoms with E-state index in [9.17, 15) is 0 Å². The molecule has 1 unspecified atom stereocenters. The van der Waals surface area contributed by atoms with Crippen LogP contribution in [-0.2, 0) is 0 Å². The molecule has 88 valence electrons. The lowest BCUT2D eigenvalue weighted by atomic mass is 10.0. The summed E-state index contributed by atoms with van der Waals surface area (Å²) in [6.07, 6.45) is 3.31. The van der Waals surface area contributed by atoms with Gasteiger partial charge in [-0.05, 0) is 26.1 Å². The van der Waals surface area contributed by atoms with Gasteiger partial charge in [-0.1, -0.05) is 11.6 Å². The smallest absolute Gasteiger partial charge is 0.153 e. The molecule has 2 aromatic heterocycles. The summed E-state index contributed by atoms with van der Waals surface area (Å²) in [4.78, 5) is 0. The van der Waals surface area contributed by atoms with Gasteiger partial charge in [-0.2, -0.15) is 0 Å². The van der Waals surface area contributed by atoms with Gasteiger partial charge in [0.25, 0.3) is 0 Å². The van der Waals surface area contributed by atoms with Crippen molar-refractivity contribution in [2.45, 2.75) is 13.0 Å². The summed E-state index contributed by atoms with van der Waals surface area (Å²) in [5.41, 5.74) is 2.63. The van der Waals surface area contributed by atoms with Crippen molar-refractivity contribution < 1.29 is 8.83 Å². The van der Waals surface area contributed by atoms with Gasteiger partial charge >= 0.3 is 0 Å². The fourth-order valence-electron chi connectivity index (χ4n) is 2.20. The van der Waals surface area contributed by atoms with Gasteiger partial charge in [-0.15, -0.1) is 0 Å². The van der Waals surface area contributed by atoms with E-state index >= 15 is 0 Å². The van der Waals surface area contributed by atoms with E-state index in [2.05, 4.69) is 12.2 Å². The van der Waals surface area contributed by atoms with Crippen LogP contribution in [0.1, 0.15) is 18.5 Å². The first-order valence-electron chi connectivity index (χ1n) is 5.47. The van der Waals surface area contributed by atoms with Crippen molar-refractivity contribution in [1.82, 2.24) is 5.32 Å². The maximum absolute atomic E-state index is 6.30. The fourth-order valence-corrected chi connectivity index (χ4v) is 2.50. The van der Waals surface area contributed by atoms with E-state index in [-0.39, 0.29) is 6.04 Å². The Morgan fingerprint density at radius 1 is 1.12 bits per heavy atom. The Morgan fingerprint density at radius 3 is 2.47 bits per heavy atom. The van der Waals surface area contributed by atoms with Crippen LogP contribution in [0.15, 0.2) is 33.5 Å². The molecule has 1 aromatic carbocycles. The molecular weight excluding hydrogens is 238 g/mol. The van der Waals surface area contributed by atoms with E-state index in [4.69, 9.17) is 20.4 Å². The predicted molar refractivity (Wildman–Crippen MR) is 68.5 cm³/mol. The van der Waals surface area contributed by atoms with E-state index in [1.54, 1.807) is 12.5 Å². The van der Waals surface area contributed by atoms with E-state index in [1.807, 2.05) is 19.2 Å². The van der Waals surface area contributed by atoms with Gasteiger partial charge in [-0.25, -0.2) is 0 Å². The molecule has 0 spiro atoms. The van der Waals surface area contributed by atoms with E-state index in [0.29, 0.717) is 5.02 Å². The van der Waals surface area contributed by atoms with Crippen molar-refractivity contribution in [3.8, 4) is 0 Å². The van der Waals surface area contributed by atoms with Gasteiger partial charge < -0.3 is 14.2 Å². The summed E-state index contributed by atoms with van der Waals surface area (Å²) in [7, 11) is 1.92. The first-order valence-corrected chi connectivity index (χ1v) is 5.85. The highest BCUT2D eigenvalue weighted by Crippen LogP contribution is 2.39. The Bertz CT molecular complexity index is 631. The largest absolute Gasteiger partial charge is 0.464 e. The van der Waals surface area contributed by atoms with Crippen LogP contribution >= 0.6 is 11.6 Å². The molecule has 3 rings (SSSR count). The summed E-state index contributed by atoms with van der Waals surface area (Å²) in [6, 6.07) is 3.96. The van der Waals surface area contributed by atoms with Gasteiger partial charge in [0.05, 0.1) is 17.5 Å². The zero-order chi connectivity index (χ0) is 12.0. The van der Waals surface area contributed by atoms with E-state index in [1.165, 1.54) is 0 Å². The van der Waals surface area contributed by atoms with Crippen molar-refractivity contribution in [2.75, 3.05) is 7.05 Å². The van der Waals surface area contributed by atoms with Crippen molar-refractivity contribution in [2.24, 2.45) is 0 Å². The van der Waals surface area contributed by atoms with E-state index in [0.717, 1.165) is 27.5 Å². The molecule has 0 bridgehead atoms. The molecule has 2 heterocycles. The SMILES string of the molecule is CNC(C)c1c2ccoc2c(Cl)c2ccoc12. The van der Waals surface area contributed by atoms with Crippen molar-refractivity contribution >= 4 is 33.5 Å². The predicted octanol–water partition coefficient (Wildman–Crippen LogP) is 4.11. The van der Waals surface area contributed by atoms with Gasteiger partial charge in [0, 0.05) is 22.4 Å². The van der Waals surface area contributed by atoms with Crippen LogP contribution in [0, 0.1) is 0 Å². The maximum atomic E-state index is 6.30. The van der Waals surface area contributed by atoms with Crippen LogP contribution in [0.4, 0.5) is 0 Å². The van der Waals surface area contributed by atoms with Gasteiger partial charge in [0.15, 0.2) is 5.58 Å². The summed E-state index contributed by atoms with van der Waals surface area (Å²) in [6.45, 7) is 2.08. The zero-order valence-electron chi connectivity index (χ0n) is 9.58. The first kappa shape index (κ1) is 10.7. The highest BCUT2D eigenvalue weighted by atomic mass is 35.5. The lowest BCUT2D eigenvalue weighted by Gasteiger charge is -2.13. The molecule has 0 amide bonds. The van der Waals surface area contributed by atoms with Crippen molar-refractivity contribution in [3.05, 3.63) is 35.2 Å². The lowest BCUT2D eigenvalue weighted by molar-refractivity contribution is 0.590. The highest BCUT2D eigenvalue weighted by molar-refractivity contribution is 6.40. The van der Waals surface area contributed by atoms with Crippen LogP contribution in [0.3, 0.4) is 0 Å². The average Bonchev–Trinajstić information content (AvgIpc) is 2.96. The molecule has 4 heteroatoms. The third kappa shape index (κ3) is 1.39. The quantitative estimate of drug-likeness (QED) is 0.743. The standard InChI is InChI=1S/C13H12ClNO2/c1-7(15-2)10-8-3-5-17-13(8)11(14)9-4-6-16-12(9)10/h3-7,15H,1-2H3. The Hall–Kier alpha value is -1.45. The summed E-state index contributed by atoms with van der Waals surface area (Å²) >= 11 is 6.30. The van der Waals surface area contributed by atoms with Gasteiger partial charge in [-0.3, -0.25) is 0 Å². The summed E-state index contributed by atoms with van der Waals surface area (Å²) in [5.74, 6) is 0. The third-order valence-corrected chi connectivity index (χ3v) is 3.54. The summed E-state index contributed by atoms with van der Waals surface area (Å²) < 4.78 is 11.0. The Kier molecular flexibility index (Phi) is 2.38. The fraction of sp³-hybridized carbons (Fsp3) is 0.231. The van der Waals surface area contributed by atoms with Crippen LogP contribution in [0.25, 0.3) is 21.9 Å². The second kappa shape index (κ2) is 3.79. The van der Waals surface area contributed by atoms with E-state index < -0.39 is 0 Å². The Balaban J connectivity index is 2.52. The Labute approximate surface area is 103 Å². The average molecular weight is 250 g/mol. The van der Waals surface area contributed by atoms with Crippen LogP contribution < -0.4 is 5.32 Å². The normalized spacial score (nSPS) is 13.6. The molecule has 0 fully saturated rings. The molecule has 17 heavy (non-hydrogen) atoms.